The van der Waals surface area contributed by atoms with Gasteiger partial charge in [0.1, 0.15) is 0 Å². The van der Waals surface area contributed by atoms with Crippen LogP contribution in [-0.4, -0.2) is 31.1 Å². The molecule has 0 radical (unpaired) electrons. The Balaban J connectivity index is 1.77. The van der Waals surface area contributed by atoms with E-state index in [4.69, 9.17) is 4.42 Å². The molecule has 3 heteroatoms. The van der Waals surface area contributed by atoms with Gasteiger partial charge < -0.3 is 9.73 Å². The summed E-state index contributed by atoms with van der Waals surface area (Å²) in [5, 5.41) is 3.41. The Morgan fingerprint density at radius 2 is 2.13 bits per heavy atom. The molecule has 1 aliphatic carbocycles. The molecule has 1 aromatic rings. The number of furan rings is 1. The Bertz CT molecular complexity index is 299. The van der Waals surface area contributed by atoms with E-state index in [1.807, 2.05) is 6.26 Å². The third-order valence-corrected chi connectivity index (χ3v) is 3.50. The van der Waals surface area contributed by atoms with E-state index in [1.54, 1.807) is 6.26 Å². The quantitative estimate of drug-likeness (QED) is 0.815. The predicted molar refractivity (Wildman–Crippen MR) is 58.6 cm³/mol. The molecule has 2 aliphatic rings. The van der Waals surface area contributed by atoms with Gasteiger partial charge in [0.05, 0.1) is 12.5 Å². The number of hydrogen-bond donors (Lipinski definition) is 1. The van der Waals surface area contributed by atoms with Gasteiger partial charge in [0.15, 0.2) is 0 Å². The fourth-order valence-electron chi connectivity index (χ4n) is 2.60. The predicted octanol–water partition coefficient (Wildman–Crippen LogP) is 1.64. The van der Waals surface area contributed by atoms with Gasteiger partial charge in [0.2, 0.25) is 0 Å². The van der Waals surface area contributed by atoms with Gasteiger partial charge in [-0.25, -0.2) is 0 Å². The first-order chi connectivity index (χ1) is 7.45. The summed E-state index contributed by atoms with van der Waals surface area (Å²) in [6.07, 6.45) is 6.50. The van der Waals surface area contributed by atoms with Gasteiger partial charge in [0, 0.05) is 37.8 Å². The summed E-state index contributed by atoms with van der Waals surface area (Å²) in [5.74, 6) is 0.876. The second-order valence-electron chi connectivity index (χ2n) is 4.62. The maximum absolute atomic E-state index is 5.22. The van der Waals surface area contributed by atoms with Crippen LogP contribution in [0.25, 0.3) is 0 Å². The smallest absolute Gasteiger partial charge is 0.0950 e. The van der Waals surface area contributed by atoms with Crippen molar-refractivity contribution >= 4 is 0 Å². The molecule has 2 heterocycles. The summed E-state index contributed by atoms with van der Waals surface area (Å²) < 4.78 is 5.22. The average molecular weight is 206 g/mol. The second kappa shape index (κ2) is 3.99. The highest BCUT2D eigenvalue weighted by molar-refractivity contribution is 5.15. The highest BCUT2D eigenvalue weighted by Crippen LogP contribution is 2.44. The maximum atomic E-state index is 5.22. The van der Waals surface area contributed by atoms with Crippen molar-refractivity contribution in [1.82, 2.24) is 10.2 Å². The number of nitrogens with one attached hydrogen (secondary N) is 1. The topological polar surface area (TPSA) is 28.4 Å². The van der Waals surface area contributed by atoms with Gasteiger partial charge in [0.25, 0.3) is 0 Å². The van der Waals surface area contributed by atoms with E-state index < -0.39 is 0 Å². The molecule has 0 unspecified atom stereocenters. The Morgan fingerprint density at radius 1 is 1.33 bits per heavy atom. The SMILES string of the molecule is c1cc([C@@H](C2CC2)N2CCNCC2)co1. The molecule has 1 aromatic heterocycles. The van der Waals surface area contributed by atoms with Crippen molar-refractivity contribution in [1.29, 1.82) is 0 Å². The van der Waals surface area contributed by atoms with Crippen LogP contribution in [0.15, 0.2) is 23.0 Å². The van der Waals surface area contributed by atoms with Crippen molar-refractivity contribution in [3.05, 3.63) is 24.2 Å². The van der Waals surface area contributed by atoms with Crippen LogP contribution in [0.3, 0.4) is 0 Å². The summed E-state index contributed by atoms with van der Waals surface area (Å²) in [6.45, 7) is 4.60. The van der Waals surface area contributed by atoms with E-state index in [-0.39, 0.29) is 0 Å². The van der Waals surface area contributed by atoms with Crippen molar-refractivity contribution in [2.45, 2.75) is 18.9 Å². The fourth-order valence-corrected chi connectivity index (χ4v) is 2.60. The minimum atomic E-state index is 0.617. The van der Waals surface area contributed by atoms with Gasteiger partial charge in [-0.2, -0.15) is 0 Å². The molecule has 1 aliphatic heterocycles. The van der Waals surface area contributed by atoms with E-state index in [0.717, 1.165) is 19.0 Å². The van der Waals surface area contributed by atoms with E-state index in [2.05, 4.69) is 16.3 Å². The third-order valence-electron chi connectivity index (χ3n) is 3.50. The van der Waals surface area contributed by atoms with Crippen LogP contribution in [0.5, 0.6) is 0 Å². The van der Waals surface area contributed by atoms with Crippen molar-refractivity contribution in [2.75, 3.05) is 26.2 Å². The molecule has 0 aromatic carbocycles. The van der Waals surface area contributed by atoms with Crippen LogP contribution in [0.2, 0.25) is 0 Å². The lowest BCUT2D eigenvalue weighted by molar-refractivity contribution is 0.155. The molecule has 0 amide bonds. The van der Waals surface area contributed by atoms with Gasteiger partial charge in [-0.1, -0.05) is 0 Å². The molecule has 15 heavy (non-hydrogen) atoms. The highest BCUT2D eigenvalue weighted by atomic mass is 16.3. The molecule has 3 nitrogen and oxygen atoms in total. The zero-order valence-corrected chi connectivity index (χ0v) is 8.98. The lowest BCUT2D eigenvalue weighted by Crippen LogP contribution is -2.45. The molecule has 1 atom stereocenters. The third kappa shape index (κ3) is 1.94. The molecular weight excluding hydrogens is 188 g/mol. The number of hydrogen-bond acceptors (Lipinski definition) is 3. The lowest BCUT2D eigenvalue weighted by atomic mass is 10.0. The number of nitrogens with zero attached hydrogens (tertiary/aromatic N) is 1. The van der Waals surface area contributed by atoms with Gasteiger partial charge >= 0.3 is 0 Å². The number of piperazine rings is 1. The Hall–Kier alpha value is -0.800. The van der Waals surface area contributed by atoms with Crippen LogP contribution >= 0.6 is 0 Å². The van der Waals surface area contributed by atoms with Gasteiger partial charge in [-0.15, -0.1) is 0 Å². The molecule has 0 bridgehead atoms. The van der Waals surface area contributed by atoms with Crippen molar-refractivity contribution in [3.63, 3.8) is 0 Å². The van der Waals surface area contributed by atoms with Crippen LogP contribution in [0, 0.1) is 5.92 Å². The van der Waals surface area contributed by atoms with Gasteiger partial charge in [-0.3, -0.25) is 4.90 Å². The van der Waals surface area contributed by atoms with Crippen molar-refractivity contribution in [3.8, 4) is 0 Å². The molecule has 1 saturated heterocycles. The van der Waals surface area contributed by atoms with E-state index in [0.29, 0.717) is 6.04 Å². The summed E-state index contributed by atoms with van der Waals surface area (Å²) >= 11 is 0. The Kier molecular flexibility index (Phi) is 2.51. The van der Waals surface area contributed by atoms with Crippen molar-refractivity contribution < 1.29 is 4.42 Å². The second-order valence-corrected chi connectivity index (χ2v) is 4.62. The minimum Gasteiger partial charge on any atom is -0.472 e. The normalized spacial score (nSPS) is 25.3. The molecule has 3 rings (SSSR count). The summed E-state index contributed by atoms with van der Waals surface area (Å²) in [4.78, 5) is 2.61. The standard InChI is InChI=1S/C12H18N2O/c1-2-10(1)12(11-3-8-15-9-11)14-6-4-13-5-7-14/h3,8-10,12-13H,1-2,4-7H2/t12-/m1/s1. The van der Waals surface area contributed by atoms with E-state index in [1.165, 1.54) is 31.5 Å². The van der Waals surface area contributed by atoms with Crippen LogP contribution in [0.4, 0.5) is 0 Å². The monoisotopic (exact) mass is 206 g/mol. The first-order valence-corrected chi connectivity index (χ1v) is 5.92. The van der Waals surface area contributed by atoms with Gasteiger partial charge in [-0.05, 0) is 24.8 Å². The molecule has 1 saturated carbocycles. The molecule has 1 N–H and O–H groups in total. The van der Waals surface area contributed by atoms with Crippen LogP contribution < -0.4 is 5.32 Å². The lowest BCUT2D eigenvalue weighted by Gasteiger charge is -2.34. The fraction of sp³-hybridized carbons (Fsp3) is 0.667. The first-order valence-electron chi connectivity index (χ1n) is 5.92. The largest absolute Gasteiger partial charge is 0.472 e. The zero-order valence-electron chi connectivity index (χ0n) is 8.98. The maximum Gasteiger partial charge on any atom is 0.0950 e. The first kappa shape index (κ1) is 9.43. The average Bonchev–Trinajstić information content (AvgIpc) is 2.96. The minimum absolute atomic E-state index is 0.617. The van der Waals surface area contributed by atoms with E-state index >= 15 is 0 Å². The summed E-state index contributed by atoms with van der Waals surface area (Å²) in [6, 6.07) is 2.75. The number of rotatable bonds is 3. The molecule has 82 valence electrons. The van der Waals surface area contributed by atoms with E-state index in [9.17, 15) is 0 Å². The molecule has 0 spiro atoms. The Morgan fingerprint density at radius 3 is 2.73 bits per heavy atom. The van der Waals surface area contributed by atoms with Crippen LogP contribution in [-0.2, 0) is 0 Å². The van der Waals surface area contributed by atoms with Crippen LogP contribution in [0.1, 0.15) is 24.4 Å². The highest BCUT2D eigenvalue weighted by Gasteiger charge is 2.37. The molecular formula is C12H18N2O. The zero-order chi connectivity index (χ0) is 10.1. The Labute approximate surface area is 90.4 Å². The van der Waals surface area contributed by atoms with Crippen molar-refractivity contribution in [2.24, 2.45) is 5.92 Å². The molecule has 2 fully saturated rings. The summed E-state index contributed by atoms with van der Waals surface area (Å²) in [7, 11) is 0. The summed E-state index contributed by atoms with van der Waals surface area (Å²) in [5.41, 5.74) is 1.37.